The second kappa shape index (κ2) is 4.88. The zero-order valence-corrected chi connectivity index (χ0v) is 11.3. The average molecular weight is 234 g/mol. The van der Waals surface area contributed by atoms with Gasteiger partial charge >= 0.3 is 0 Å². The summed E-state index contributed by atoms with van der Waals surface area (Å²) in [7, 11) is 0. The van der Waals surface area contributed by atoms with Crippen molar-refractivity contribution in [3.05, 3.63) is 34.9 Å². The summed E-state index contributed by atoms with van der Waals surface area (Å²) in [5.41, 5.74) is 8.43. The molecule has 94 valence electrons. The summed E-state index contributed by atoms with van der Waals surface area (Å²) in [6, 6.07) is 6.22. The van der Waals surface area contributed by atoms with Gasteiger partial charge in [0.1, 0.15) is 0 Å². The van der Waals surface area contributed by atoms with Crippen LogP contribution in [0, 0.1) is 13.8 Å². The van der Waals surface area contributed by atoms with Gasteiger partial charge in [-0.05, 0) is 45.7 Å². The van der Waals surface area contributed by atoms with Gasteiger partial charge in [0.05, 0.1) is 11.6 Å². The molecule has 0 aromatic heterocycles. The van der Waals surface area contributed by atoms with Gasteiger partial charge in [-0.2, -0.15) is 0 Å². The molecule has 0 heterocycles. The summed E-state index contributed by atoms with van der Waals surface area (Å²) in [6.07, 6.45) is 0. The van der Waals surface area contributed by atoms with Gasteiger partial charge in [-0.15, -0.1) is 0 Å². The van der Waals surface area contributed by atoms with E-state index >= 15 is 0 Å². The second-order valence-corrected chi connectivity index (χ2v) is 5.28. The van der Waals surface area contributed by atoms with E-state index < -0.39 is 5.54 Å². The van der Waals surface area contributed by atoms with Crippen LogP contribution in [-0.2, 0) is 4.79 Å². The van der Waals surface area contributed by atoms with Crippen LogP contribution in [0.2, 0.25) is 0 Å². The summed E-state index contributed by atoms with van der Waals surface area (Å²) in [5, 5.41) is 2.94. The van der Waals surface area contributed by atoms with Gasteiger partial charge in [0, 0.05) is 0 Å². The summed E-state index contributed by atoms with van der Waals surface area (Å²) in [6.45, 7) is 9.48. The maximum absolute atomic E-state index is 11.8. The summed E-state index contributed by atoms with van der Waals surface area (Å²) >= 11 is 0. The van der Waals surface area contributed by atoms with Crippen molar-refractivity contribution < 1.29 is 4.79 Å². The van der Waals surface area contributed by atoms with Crippen LogP contribution in [0.3, 0.4) is 0 Å². The summed E-state index contributed by atoms with van der Waals surface area (Å²) in [5.74, 6) is -0.133. The third-order valence-electron chi connectivity index (χ3n) is 2.83. The number of aryl methyl sites for hydroxylation is 2. The molecule has 0 aliphatic heterocycles. The van der Waals surface area contributed by atoms with Crippen LogP contribution in [0.15, 0.2) is 18.2 Å². The van der Waals surface area contributed by atoms with Gasteiger partial charge < -0.3 is 11.1 Å². The molecule has 1 unspecified atom stereocenters. The van der Waals surface area contributed by atoms with E-state index in [0.29, 0.717) is 0 Å². The van der Waals surface area contributed by atoms with E-state index in [1.165, 1.54) is 11.1 Å². The molecule has 1 aromatic rings. The Balaban J connectivity index is 2.87. The van der Waals surface area contributed by atoms with Crippen LogP contribution in [-0.4, -0.2) is 11.4 Å². The highest BCUT2D eigenvalue weighted by Crippen LogP contribution is 2.19. The van der Waals surface area contributed by atoms with E-state index in [2.05, 4.69) is 23.5 Å². The number of nitrogens with two attached hydrogens (primary N) is 1. The van der Waals surface area contributed by atoms with E-state index in [4.69, 9.17) is 5.73 Å². The highest BCUT2D eigenvalue weighted by atomic mass is 16.2. The monoisotopic (exact) mass is 234 g/mol. The SMILES string of the molecule is Cc1ccc(C)c(C(C)NC(=O)C(C)(C)N)c1. The number of rotatable bonds is 3. The van der Waals surface area contributed by atoms with Crippen molar-refractivity contribution >= 4 is 5.91 Å². The van der Waals surface area contributed by atoms with Crippen molar-refractivity contribution in [3.63, 3.8) is 0 Å². The molecule has 0 radical (unpaired) electrons. The van der Waals surface area contributed by atoms with Gasteiger partial charge in [0.2, 0.25) is 5.91 Å². The van der Waals surface area contributed by atoms with E-state index in [9.17, 15) is 4.79 Å². The Morgan fingerprint density at radius 3 is 2.47 bits per heavy atom. The largest absolute Gasteiger partial charge is 0.348 e. The zero-order chi connectivity index (χ0) is 13.2. The fourth-order valence-corrected chi connectivity index (χ4v) is 1.69. The predicted molar refractivity (Wildman–Crippen MR) is 70.7 cm³/mol. The standard InChI is InChI=1S/C14H22N2O/c1-9-6-7-10(2)12(8-9)11(3)16-13(17)14(4,5)15/h6-8,11H,15H2,1-5H3,(H,16,17). The topological polar surface area (TPSA) is 55.1 Å². The molecule has 1 rings (SSSR count). The lowest BCUT2D eigenvalue weighted by Crippen LogP contribution is -2.49. The van der Waals surface area contributed by atoms with Crippen molar-refractivity contribution in [2.24, 2.45) is 5.73 Å². The molecule has 3 nitrogen and oxygen atoms in total. The number of carbonyl (C=O) groups excluding carboxylic acids is 1. The maximum atomic E-state index is 11.8. The predicted octanol–water partition coefficient (Wildman–Crippen LogP) is 2.22. The number of nitrogens with one attached hydrogen (secondary N) is 1. The van der Waals surface area contributed by atoms with Gasteiger partial charge in [-0.3, -0.25) is 4.79 Å². The fraction of sp³-hybridized carbons (Fsp3) is 0.500. The van der Waals surface area contributed by atoms with Crippen LogP contribution in [0.5, 0.6) is 0 Å². The number of hydrogen-bond acceptors (Lipinski definition) is 2. The van der Waals surface area contributed by atoms with Crippen molar-refractivity contribution in [3.8, 4) is 0 Å². The minimum absolute atomic E-state index is 0.0229. The van der Waals surface area contributed by atoms with E-state index in [-0.39, 0.29) is 11.9 Å². The molecular formula is C14H22N2O. The summed E-state index contributed by atoms with van der Waals surface area (Å²) < 4.78 is 0. The Morgan fingerprint density at radius 1 is 1.35 bits per heavy atom. The number of hydrogen-bond donors (Lipinski definition) is 2. The van der Waals surface area contributed by atoms with E-state index in [0.717, 1.165) is 5.56 Å². The highest BCUT2D eigenvalue weighted by Gasteiger charge is 2.23. The van der Waals surface area contributed by atoms with Crippen molar-refractivity contribution in [1.82, 2.24) is 5.32 Å². The molecule has 0 aliphatic carbocycles. The first-order valence-corrected chi connectivity index (χ1v) is 5.89. The Kier molecular flexibility index (Phi) is 3.94. The molecule has 0 saturated heterocycles. The minimum Gasteiger partial charge on any atom is -0.348 e. The number of carbonyl (C=O) groups is 1. The van der Waals surface area contributed by atoms with Crippen molar-refractivity contribution in [1.29, 1.82) is 0 Å². The first-order valence-electron chi connectivity index (χ1n) is 5.89. The molecule has 3 N–H and O–H groups in total. The normalized spacial score (nSPS) is 13.3. The van der Waals surface area contributed by atoms with Crippen LogP contribution < -0.4 is 11.1 Å². The van der Waals surface area contributed by atoms with Gasteiger partial charge in [0.15, 0.2) is 0 Å². The molecule has 1 amide bonds. The molecular weight excluding hydrogens is 212 g/mol. The molecule has 0 spiro atoms. The highest BCUT2D eigenvalue weighted by molar-refractivity contribution is 5.85. The molecule has 17 heavy (non-hydrogen) atoms. The van der Waals surface area contributed by atoms with Gasteiger partial charge in [-0.25, -0.2) is 0 Å². The Hall–Kier alpha value is -1.35. The van der Waals surface area contributed by atoms with E-state index in [1.54, 1.807) is 13.8 Å². The van der Waals surface area contributed by atoms with Crippen LogP contribution in [0.1, 0.15) is 43.5 Å². The lowest BCUT2D eigenvalue weighted by molar-refractivity contribution is -0.125. The Bertz CT molecular complexity index is 419. The quantitative estimate of drug-likeness (QED) is 0.842. The Labute approximate surface area is 103 Å². The van der Waals surface area contributed by atoms with Crippen molar-refractivity contribution in [2.75, 3.05) is 0 Å². The van der Waals surface area contributed by atoms with Crippen molar-refractivity contribution in [2.45, 2.75) is 46.2 Å². The first kappa shape index (κ1) is 13.7. The van der Waals surface area contributed by atoms with Crippen LogP contribution >= 0.6 is 0 Å². The third-order valence-corrected chi connectivity index (χ3v) is 2.83. The maximum Gasteiger partial charge on any atom is 0.239 e. The molecule has 0 bridgehead atoms. The lowest BCUT2D eigenvalue weighted by atomic mass is 9.98. The molecule has 1 aromatic carbocycles. The smallest absolute Gasteiger partial charge is 0.239 e. The summed E-state index contributed by atoms with van der Waals surface area (Å²) in [4.78, 5) is 11.8. The average Bonchev–Trinajstić information content (AvgIpc) is 2.20. The van der Waals surface area contributed by atoms with Gasteiger partial charge in [0.25, 0.3) is 0 Å². The van der Waals surface area contributed by atoms with Gasteiger partial charge in [-0.1, -0.05) is 23.8 Å². The number of benzene rings is 1. The Morgan fingerprint density at radius 2 is 1.94 bits per heavy atom. The van der Waals surface area contributed by atoms with Crippen LogP contribution in [0.25, 0.3) is 0 Å². The minimum atomic E-state index is -0.841. The fourth-order valence-electron chi connectivity index (χ4n) is 1.69. The molecule has 0 fully saturated rings. The molecule has 0 saturated carbocycles. The third kappa shape index (κ3) is 3.56. The molecule has 0 aliphatic rings. The first-order chi connectivity index (χ1) is 7.71. The van der Waals surface area contributed by atoms with E-state index in [1.807, 2.05) is 20.8 Å². The van der Waals surface area contributed by atoms with Crippen LogP contribution in [0.4, 0.5) is 0 Å². The number of amides is 1. The second-order valence-electron chi connectivity index (χ2n) is 5.28. The molecule has 3 heteroatoms. The lowest BCUT2D eigenvalue weighted by Gasteiger charge is -2.23. The zero-order valence-electron chi connectivity index (χ0n) is 11.3. The molecule has 1 atom stereocenters.